The van der Waals surface area contributed by atoms with E-state index in [1.807, 2.05) is 38.1 Å². The first-order chi connectivity index (χ1) is 11.1. The Hall–Kier alpha value is -1.82. The molecule has 0 saturated heterocycles. The molecule has 1 aliphatic carbocycles. The van der Waals surface area contributed by atoms with Crippen LogP contribution in [0.2, 0.25) is 0 Å². The van der Waals surface area contributed by atoms with Gasteiger partial charge in [-0.1, -0.05) is 23.9 Å². The van der Waals surface area contributed by atoms with E-state index < -0.39 is 0 Å². The number of nitrogens with one attached hydrogen (secondary N) is 1. The van der Waals surface area contributed by atoms with Gasteiger partial charge in [0.25, 0.3) is 0 Å². The summed E-state index contributed by atoms with van der Waals surface area (Å²) in [5.41, 5.74) is 1.96. The second-order valence-corrected chi connectivity index (χ2v) is 7.29. The van der Waals surface area contributed by atoms with Gasteiger partial charge in [-0.2, -0.15) is 0 Å². The quantitative estimate of drug-likeness (QED) is 0.822. The topological polar surface area (TPSA) is 59.8 Å². The number of hydrogen-bond acceptors (Lipinski definition) is 4. The lowest BCUT2D eigenvalue weighted by Gasteiger charge is -2.13. The van der Waals surface area contributed by atoms with E-state index in [0.29, 0.717) is 5.92 Å². The van der Waals surface area contributed by atoms with Gasteiger partial charge < -0.3 is 9.88 Å². The van der Waals surface area contributed by atoms with Crippen LogP contribution in [0.4, 0.5) is 5.69 Å². The predicted molar refractivity (Wildman–Crippen MR) is 92.8 cm³/mol. The van der Waals surface area contributed by atoms with Crippen molar-refractivity contribution in [2.75, 3.05) is 5.32 Å². The lowest BCUT2D eigenvalue weighted by Crippen LogP contribution is -2.23. The number of aromatic nitrogens is 3. The van der Waals surface area contributed by atoms with Gasteiger partial charge in [0.2, 0.25) is 5.91 Å². The molecule has 2 aromatic rings. The maximum Gasteiger partial charge on any atom is 0.237 e. The number of aryl methyl sites for hydroxylation is 1. The minimum atomic E-state index is -0.225. The average molecular weight is 330 g/mol. The molecule has 0 radical (unpaired) electrons. The fraction of sp³-hybridized carbons (Fsp3) is 0.471. The van der Waals surface area contributed by atoms with Crippen molar-refractivity contribution in [2.45, 2.75) is 56.5 Å². The maximum absolute atomic E-state index is 12.4. The van der Waals surface area contributed by atoms with Crippen molar-refractivity contribution < 1.29 is 4.79 Å². The highest BCUT2D eigenvalue weighted by Crippen LogP contribution is 2.40. The van der Waals surface area contributed by atoms with Crippen molar-refractivity contribution >= 4 is 23.4 Å². The third kappa shape index (κ3) is 3.75. The van der Waals surface area contributed by atoms with E-state index in [-0.39, 0.29) is 11.2 Å². The van der Waals surface area contributed by atoms with Gasteiger partial charge in [-0.15, -0.1) is 10.2 Å². The third-order valence-electron chi connectivity index (χ3n) is 3.94. The van der Waals surface area contributed by atoms with Gasteiger partial charge in [-0.25, -0.2) is 0 Å². The first-order valence-electron chi connectivity index (χ1n) is 8.05. The minimum absolute atomic E-state index is 0.0146. The molecule has 23 heavy (non-hydrogen) atoms. The average Bonchev–Trinajstić information content (AvgIpc) is 3.28. The van der Waals surface area contributed by atoms with Crippen molar-refractivity contribution in [1.82, 2.24) is 14.8 Å². The molecule has 1 amide bonds. The Morgan fingerprint density at radius 3 is 2.87 bits per heavy atom. The Balaban J connectivity index is 1.66. The molecule has 0 bridgehead atoms. The Labute approximate surface area is 140 Å². The molecule has 122 valence electrons. The predicted octanol–water partition coefficient (Wildman–Crippen LogP) is 3.60. The summed E-state index contributed by atoms with van der Waals surface area (Å²) in [6, 6.07) is 7.83. The van der Waals surface area contributed by atoms with E-state index in [1.54, 1.807) is 0 Å². The summed E-state index contributed by atoms with van der Waals surface area (Å²) in [4.78, 5) is 12.4. The van der Waals surface area contributed by atoms with Crippen molar-refractivity contribution in [1.29, 1.82) is 0 Å². The number of amides is 1. The molecule has 3 rings (SSSR count). The maximum atomic E-state index is 12.4. The zero-order valence-electron chi connectivity index (χ0n) is 13.7. The standard InChI is InChI=1S/C17H22N4OS/c1-4-21-15(13-8-9-13)19-20-17(21)23-12(3)16(22)18-14-7-5-6-11(2)10-14/h5-7,10,12-13H,4,8-9H2,1-3H3,(H,18,22). The molecular formula is C17H22N4OS. The van der Waals surface area contributed by atoms with Crippen LogP contribution >= 0.6 is 11.8 Å². The zero-order valence-corrected chi connectivity index (χ0v) is 14.6. The van der Waals surface area contributed by atoms with Gasteiger partial charge in [0.05, 0.1) is 5.25 Å². The van der Waals surface area contributed by atoms with Gasteiger partial charge in [0, 0.05) is 18.2 Å². The van der Waals surface area contributed by atoms with Crippen LogP contribution in [-0.4, -0.2) is 25.9 Å². The third-order valence-corrected chi connectivity index (χ3v) is 5.02. The van der Waals surface area contributed by atoms with Gasteiger partial charge in [0.15, 0.2) is 5.16 Å². The van der Waals surface area contributed by atoms with Gasteiger partial charge >= 0.3 is 0 Å². The molecule has 1 saturated carbocycles. The smallest absolute Gasteiger partial charge is 0.237 e. The van der Waals surface area contributed by atoms with Crippen molar-refractivity contribution in [3.05, 3.63) is 35.7 Å². The molecule has 0 aliphatic heterocycles. The summed E-state index contributed by atoms with van der Waals surface area (Å²) in [6.07, 6.45) is 2.40. The van der Waals surface area contributed by atoms with Crippen LogP contribution in [0.5, 0.6) is 0 Å². The second kappa shape index (κ2) is 6.74. The van der Waals surface area contributed by atoms with Crippen molar-refractivity contribution in [3.63, 3.8) is 0 Å². The molecule has 1 unspecified atom stereocenters. The van der Waals surface area contributed by atoms with Crippen molar-refractivity contribution in [2.24, 2.45) is 0 Å². The first-order valence-corrected chi connectivity index (χ1v) is 8.93. The van der Waals surface area contributed by atoms with E-state index >= 15 is 0 Å². The molecule has 0 spiro atoms. The van der Waals surface area contributed by atoms with E-state index in [9.17, 15) is 4.79 Å². The molecule has 1 N–H and O–H groups in total. The molecule has 6 heteroatoms. The Kier molecular flexibility index (Phi) is 4.71. The summed E-state index contributed by atoms with van der Waals surface area (Å²) >= 11 is 1.47. The Morgan fingerprint density at radius 2 is 2.22 bits per heavy atom. The number of anilines is 1. The highest BCUT2D eigenvalue weighted by Gasteiger charge is 2.30. The highest BCUT2D eigenvalue weighted by atomic mass is 32.2. The summed E-state index contributed by atoms with van der Waals surface area (Å²) in [5.74, 6) is 1.62. The van der Waals surface area contributed by atoms with Crippen LogP contribution < -0.4 is 5.32 Å². The molecule has 1 fully saturated rings. The molecular weight excluding hydrogens is 308 g/mol. The van der Waals surface area contributed by atoms with E-state index in [4.69, 9.17) is 0 Å². The molecule has 1 aromatic carbocycles. The molecule has 5 nitrogen and oxygen atoms in total. The van der Waals surface area contributed by atoms with Crippen LogP contribution in [0.1, 0.15) is 44.0 Å². The van der Waals surface area contributed by atoms with E-state index in [2.05, 4.69) is 27.0 Å². The number of hydrogen-bond donors (Lipinski definition) is 1. The number of nitrogens with zero attached hydrogens (tertiary/aromatic N) is 3. The fourth-order valence-corrected chi connectivity index (χ4v) is 3.43. The van der Waals surface area contributed by atoms with Crippen LogP contribution in [0.3, 0.4) is 0 Å². The van der Waals surface area contributed by atoms with E-state index in [0.717, 1.165) is 28.8 Å². The number of thioether (sulfide) groups is 1. The molecule has 1 heterocycles. The molecule has 1 aromatic heterocycles. The summed E-state index contributed by atoms with van der Waals surface area (Å²) in [5, 5.41) is 12.2. The van der Waals surface area contributed by atoms with Crippen molar-refractivity contribution in [3.8, 4) is 0 Å². The Bertz CT molecular complexity index is 708. The summed E-state index contributed by atoms with van der Waals surface area (Å²) in [7, 11) is 0. The van der Waals surface area contributed by atoms with Gasteiger partial charge in [-0.3, -0.25) is 4.79 Å². The lowest BCUT2D eigenvalue weighted by atomic mass is 10.2. The van der Waals surface area contributed by atoms with Gasteiger partial charge in [0.1, 0.15) is 5.82 Å². The van der Waals surface area contributed by atoms with Crippen LogP contribution in [0.25, 0.3) is 0 Å². The van der Waals surface area contributed by atoms with Crippen LogP contribution in [-0.2, 0) is 11.3 Å². The van der Waals surface area contributed by atoms with Gasteiger partial charge in [-0.05, 0) is 51.3 Å². The summed E-state index contributed by atoms with van der Waals surface area (Å²) < 4.78 is 2.14. The monoisotopic (exact) mass is 330 g/mol. The van der Waals surface area contributed by atoms with E-state index in [1.165, 1.54) is 24.6 Å². The number of carbonyl (C=O) groups excluding carboxylic acids is 1. The highest BCUT2D eigenvalue weighted by molar-refractivity contribution is 8.00. The zero-order chi connectivity index (χ0) is 16.4. The minimum Gasteiger partial charge on any atom is -0.325 e. The number of rotatable bonds is 6. The molecule has 1 aliphatic rings. The van der Waals surface area contributed by atoms with Crippen LogP contribution in [0, 0.1) is 6.92 Å². The van der Waals surface area contributed by atoms with Crippen LogP contribution in [0.15, 0.2) is 29.4 Å². The molecule has 1 atom stereocenters. The lowest BCUT2D eigenvalue weighted by molar-refractivity contribution is -0.115. The summed E-state index contributed by atoms with van der Waals surface area (Å²) in [6.45, 7) is 6.85. The number of benzene rings is 1. The normalized spacial score (nSPS) is 15.4. The largest absolute Gasteiger partial charge is 0.325 e. The first kappa shape index (κ1) is 16.1. The SMILES string of the molecule is CCn1c(SC(C)C(=O)Nc2cccc(C)c2)nnc1C1CC1. The fourth-order valence-electron chi connectivity index (χ4n) is 2.51. The number of carbonyl (C=O) groups is 1. The Morgan fingerprint density at radius 1 is 1.43 bits per heavy atom. The second-order valence-electron chi connectivity index (χ2n) is 5.98.